The van der Waals surface area contributed by atoms with Gasteiger partial charge in [0.15, 0.2) is 18.1 Å². The second kappa shape index (κ2) is 9.35. The van der Waals surface area contributed by atoms with E-state index in [0.29, 0.717) is 0 Å². The Hall–Kier alpha value is -0.686. The lowest BCUT2D eigenvalue weighted by molar-refractivity contribution is 0.350. The van der Waals surface area contributed by atoms with Crippen LogP contribution in [0.1, 0.15) is 5.56 Å². The van der Waals surface area contributed by atoms with Crippen LogP contribution < -0.4 is 0 Å². The lowest BCUT2D eigenvalue weighted by Crippen LogP contribution is -2.17. The standard InChI is InChI=1S/C9H10O.C4H14OSi2/c1-8(7-10)9-5-3-2-4-6-9;1-6(2)5-7(3)4/h2-6,10H,1,7H2;6-7H,1-4H3. The summed E-state index contributed by atoms with van der Waals surface area (Å²) in [6, 6.07) is 9.65. The molecule has 0 aromatic heterocycles. The van der Waals surface area contributed by atoms with Crippen molar-refractivity contribution in [1.82, 2.24) is 0 Å². The highest BCUT2D eigenvalue weighted by atomic mass is 28.4. The predicted molar refractivity (Wildman–Crippen MR) is 81.4 cm³/mol. The molecule has 0 saturated carbocycles. The maximum atomic E-state index is 8.69. The van der Waals surface area contributed by atoms with Crippen LogP contribution in [0.5, 0.6) is 0 Å². The van der Waals surface area contributed by atoms with E-state index in [1.807, 2.05) is 30.3 Å². The zero-order valence-corrected chi connectivity index (χ0v) is 13.6. The Morgan fingerprint density at radius 1 is 1.12 bits per heavy atom. The molecule has 0 spiro atoms. The largest absolute Gasteiger partial charge is 0.461 e. The average Bonchev–Trinajstić information content (AvgIpc) is 2.28. The van der Waals surface area contributed by atoms with Gasteiger partial charge in [0.1, 0.15) is 0 Å². The number of aliphatic hydroxyl groups is 1. The number of rotatable bonds is 4. The lowest BCUT2D eigenvalue weighted by atomic mass is 10.1. The Kier molecular flexibility index (Phi) is 8.98. The van der Waals surface area contributed by atoms with Gasteiger partial charge < -0.3 is 9.22 Å². The van der Waals surface area contributed by atoms with Crippen LogP contribution in [0.25, 0.3) is 5.57 Å². The van der Waals surface area contributed by atoms with E-state index in [9.17, 15) is 0 Å². The molecular formula is C13H24O2Si2. The van der Waals surface area contributed by atoms with E-state index >= 15 is 0 Å². The van der Waals surface area contributed by atoms with E-state index in [0.717, 1.165) is 11.1 Å². The highest BCUT2D eigenvalue weighted by molar-refractivity contribution is 6.63. The summed E-state index contributed by atoms with van der Waals surface area (Å²) in [7, 11) is -1.33. The summed E-state index contributed by atoms with van der Waals surface area (Å²) in [5, 5.41) is 8.69. The molecule has 0 saturated heterocycles. The molecule has 0 aliphatic heterocycles. The van der Waals surface area contributed by atoms with Crippen LogP contribution in [0.3, 0.4) is 0 Å². The van der Waals surface area contributed by atoms with Crippen molar-refractivity contribution in [1.29, 1.82) is 0 Å². The molecular weight excluding hydrogens is 244 g/mol. The molecule has 4 heteroatoms. The first kappa shape index (κ1) is 16.3. The van der Waals surface area contributed by atoms with Gasteiger partial charge in [-0.3, -0.25) is 0 Å². The molecule has 0 fully saturated rings. The molecule has 0 amide bonds. The van der Waals surface area contributed by atoms with Gasteiger partial charge in [0.25, 0.3) is 0 Å². The van der Waals surface area contributed by atoms with Crippen molar-refractivity contribution in [2.24, 2.45) is 0 Å². The molecule has 1 rings (SSSR count). The normalized spacial score (nSPS) is 10.1. The summed E-state index contributed by atoms with van der Waals surface area (Å²) < 4.78 is 5.53. The molecule has 0 heterocycles. The summed E-state index contributed by atoms with van der Waals surface area (Å²) in [6.45, 7) is 12.6. The molecule has 1 N–H and O–H groups in total. The first-order valence-electron chi connectivity index (χ1n) is 5.96. The summed E-state index contributed by atoms with van der Waals surface area (Å²) in [4.78, 5) is 0. The van der Waals surface area contributed by atoms with E-state index in [2.05, 4.69) is 32.8 Å². The Balaban J connectivity index is 0.000000325. The van der Waals surface area contributed by atoms with Crippen molar-refractivity contribution >= 4 is 23.7 Å². The molecule has 2 nitrogen and oxygen atoms in total. The third-order valence-corrected chi connectivity index (χ3v) is 6.27. The fraction of sp³-hybridized carbons (Fsp3) is 0.385. The van der Waals surface area contributed by atoms with Crippen LogP contribution in [0.2, 0.25) is 26.2 Å². The third kappa shape index (κ3) is 9.06. The van der Waals surface area contributed by atoms with Crippen molar-refractivity contribution in [3.63, 3.8) is 0 Å². The van der Waals surface area contributed by atoms with Gasteiger partial charge in [-0.25, -0.2) is 0 Å². The number of hydrogen-bond donors (Lipinski definition) is 1. The second-order valence-corrected chi connectivity index (χ2v) is 9.64. The van der Waals surface area contributed by atoms with Gasteiger partial charge in [0, 0.05) is 0 Å². The van der Waals surface area contributed by atoms with Gasteiger partial charge >= 0.3 is 0 Å². The summed E-state index contributed by atoms with van der Waals surface area (Å²) >= 11 is 0. The van der Waals surface area contributed by atoms with Crippen LogP contribution >= 0.6 is 0 Å². The average molecular weight is 269 g/mol. The highest BCUT2D eigenvalue weighted by Gasteiger charge is 1.97. The molecule has 1 aromatic carbocycles. The first-order valence-corrected chi connectivity index (χ1v) is 11.5. The van der Waals surface area contributed by atoms with Gasteiger partial charge in [0.05, 0.1) is 6.61 Å². The van der Waals surface area contributed by atoms with E-state index in [-0.39, 0.29) is 6.61 Å². The minimum atomic E-state index is -0.667. The van der Waals surface area contributed by atoms with E-state index in [4.69, 9.17) is 9.22 Å². The van der Waals surface area contributed by atoms with E-state index in [1.165, 1.54) is 0 Å². The van der Waals surface area contributed by atoms with Crippen LogP contribution in [0.15, 0.2) is 36.9 Å². The maximum Gasteiger partial charge on any atom is 0.156 e. The van der Waals surface area contributed by atoms with Crippen LogP contribution in [-0.2, 0) is 4.12 Å². The summed E-state index contributed by atoms with van der Waals surface area (Å²) in [5.41, 5.74) is 1.77. The molecule has 96 valence electrons. The monoisotopic (exact) mass is 268 g/mol. The van der Waals surface area contributed by atoms with Gasteiger partial charge in [-0.15, -0.1) is 0 Å². The number of benzene rings is 1. The van der Waals surface area contributed by atoms with Gasteiger partial charge in [-0.1, -0.05) is 36.9 Å². The fourth-order valence-corrected chi connectivity index (χ4v) is 5.66. The summed E-state index contributed by atoms with van der Waals surface area (Å²) in [5.74, 6) is 0. The van der Waals surface area contributed by atoms with Crippen LogP contribution in [-0.4, -0.2) is 29.8 Å². The lowest BCUT2D eigenvalue weighted by Gasteiger charge is -2.07. The third-order valence-electron chi connectivity index (χ3n) is 1.92. The van der Waals surface area contributed by atoms with Crippen LogP contribution in [0.4, 0.5) is 0 Å². The Labute approximate surface area is 108 Å². The first-order chi connectivity index (χ1) is 7.97. The number of hydrogen-bond acceptors (Lipinski definition) is 2. The van der Waals surface area contributed by atoms with Crippen LogP contribution in [0, 0.1) is 0 Å². The smallest absolute Gasteiger partial charge is 0.156 e. The SMILES string of the molecule is C=C(CO)c1ccccc1.C[SiH](C)O[SiH](C)C. The number of aliphatic hydroxyl groups excluding tert-OH is 1. The molecule has 0 unspecified atom stereocenters. The topological polar surface area (TPSA) is 29.5 Å². The molecule has 0 bridgehead atoms. The Bertz CT molecular complexity index is 304. The maximum absolute atomic E-state index is 8.69. The molecule has 0 aliphatic rings. The van der Waals surface area contributed by atoms with Gasteiger partial charge in [-0.05, 0) is 37.3 Å². The highest BCUT2D eigenvalue weighted by Crippen LogP contribution is 2.09. The van der Waals surface area contributed by atoms with E-state index < -0.39 is 18.1 Å². The summed E-state index contributed by atoms with van der Waals surface area (Å²) in [6.07, 6.45) is 0. The predicted octanol–water partition coefficient (Wildman–Crippen LogP) is 2.66. The molecule has 1 aromatic rings. The molecule has 0 atom stereocenters. The van der Waals surface area contributed by atoms with Crippen molar-refractivity contribution in [3.05, 3.63) is 42.5 Å². The van der Waals surface area contributed by atoms with Gasteiger partial charge in [-0.2, -0.15) is 0 Å². The molecule has 17 heavy (non-hydrogen) atoms. The van der Waals surface area contributed by atoms with Crippen molar-refractivity contribution in [2.75, 3.05) is 6.61 Å². The van der Waals surface area contributed by atoms with Gasteiger partial charge in [0.2, 0.25) is 0 Å². The Morgan fingerprint density at radius 3 is 1.88 bits per heavy atom. The fourth-order valence-electron chi connectivity index (χ4n) is 1.31. The second-order valence-electron chi connectivity index (χ2n) is 4.36. The molecule has 0 radical (unpaired) electrons. The minimum absolute atomic E-state index is 0.0318. The minimum Gasteiger partial charge on any atom is -0.461 e. The Morgan fingerprint density at radius 2 is 1.59 bits per heavy atom. The zero-order valence-electron chi connectivity index (χ0n) is 11.3. The van der Waals surface area contributed by atoms with E-state index in [1.54, 1.807) is 0 Å². The van der Waals surface area contributed by atoms with Crippen molar-refractivity contribution < 1.29 is 9.22 Å². The van der Waals surface area contributed by atoms with Crippen molar-refractivity contribution in [3.8, 4) is 0 Å². The quantitative estimate of drug-likeness (QED) is 0.851. The van der Waals surface area contributed by atoms with Crippen molar-refractivity contribution in [2.45, 2.75) is 26.2 Å². The molecule has 0 aliphatic carbocycles. The zero-order chi connectivity index (χ0) is 13.3.